The maximum atomic E-state index is 11.8. The molecule has 1 N–H and O–H groups in total. The van der Waals surface area contributed by atoms with Crippen LogP contribution in [0.15, 0.2) is 0 Å². The van der Waals surface area contributed by atoms with Crippen LogP contribution in [0, 0.1) is 5.92 Å². The zero-order chi connectivity index (χ0) is 13.9. The lowest BCUT2D eigenvalue weighted by molar-refractivity contribution is -0.152. The zero-order valence-corrected chi connectivity index (χ0v) is 11.3. The van der Waals surface area contributed by atoms with Gasteiger partial charge in [-0.3, -0.25) is 4.79 Å². The Morgan fingerprint density at radius 2 is 1.94 bits per heavy atom. The highest BCUT2D eigenvalue weighted by molar-refractivity contribution is 5.75. The Morgan fingerprint density at radius 1 is 1.33 bits per heavy atom. The van der Waals surface area contributed by atoms with Gasteiger partial charge in [0.25, 0.3) is 0 Å². The van der Waals surface area contributed by atoms with E-state index in [9.17, 15) is 14.7 Å². The van der Waals surface area contributed by atoms with E-state index in [1.165, 1.54) is 12.0 Å². The average molecular weight is 259 g/mol. The predicted octanol–water partition coefficient (Wildman–Crippen LogP) is 0.777. The van der Waals surface area contributed by atoms with Crippen molar-refractivity contribution >= 4 is 12.1 Å². The summed E-state index contributed by atoms with van der Waals surface area (Å²) in [6.07, 6.45) is -0.890. The number of aliphatic hydroxyl groups is 1. The van der Waals surface area contributed by atoms with Gasteiger partial charge in [0.15, 0.2) is 0 Å². The Morgan fingerprint density at radius 3 is 2.44 bits per heavy atom. The van der Waals surface area contributed by atoms with E-state index in [-0.39, 0.29) is 6.54 Å². The molecule has 0 aliphatic carbocycles. The van der Waals surface area contributed by atoms with Gasteiger partial charge in [-0.05, 0) is 27.2 Å². The number of hydrogen-bond acceptors (Lipinski definition) is 5. The van der Waals surface area contributed by atoms with Crippen LogP contribution >= 0.6 is 0 Å². The number of esters is 1. The van der Waals surface area contributed by atoms with Crippen LogP contribution in [0.1, 0.15) is 27.2 Å². The summed E-state index contributed by atoms with van der Waals surface area (Å²) in [5, 5.41) is 9.72. The van der Waals surface area contributed by atoms with E-state index in [0.29, 0.717) is 13.0 Å². The summed E-state index contributed by atoms with van der Waals surface area (Å²) >= 11 is 0. The van der Waals surface area contributed by atoms with Gasteiger partial charge in [0.05, 0.1) is 13.2 Å². The largest absolute Gasteiger partial charge is 0.469 e. The summed E-state index contributed by atoms with van der Waals surface area (Å²) in [5.74, 6) is -1.20. The SMILES string of the molecule is COC(=O)[C@H]1CN(C(=O)OC(C)(C)C)CC[C@H]1O. The number of rotatable bonds is 1. The van der Waals surface area contributed by atoms with Gasteiger partial charge in [-0.25, -0.2) is 4.79 Å². The number of methoxy groups -OCH3 is 1. The summed E-state index contributed by atoms with van der Waals surface area (Å²) in [6.45, 7) is 5.84. The standard InChI is InChI=1S/C12H21NO5/c1-12(2,3)18-11(16)13-6-5-9(14)8(7-13)10(15)17-4/h8-9,14H,5-7H2,1-4H3/t8-,9+/m0/s1. The lowest BCUT2D eigenvalue weighted by Gasteiger charge is -2.35. The van der Waals surface area contributed by atoms with Crippen LogP contribution in [0.25, 0.3) is 0 Å². The molecule has 0 unspecified atom stereocenters. The van der Waals surface area contributed by atoms with Crippen molar-refractivity contribution in [3.05, 3.63) is 0 Å². The number of nitrogens with zero attached hydrogens (tertiary/aromatic N) is 1. The minimum Gasteiger partial charge on any atom is -0.469 e. The second-order valence-electron chi connectivity index (χ2n) is 5.41. The fraction of sp³-hybridized carbons (Fsp3) is 0.833. The smallest absolute Gasteiger partial charge is 0.410 e. The Labute approximate surface area is 107 Å². The van der Waals surface area contributed by atoms with Crippen LogP contribution in [0.4, 0.5) is 4.79 Å². The van der Waals surface area contributed by atoms with Crippen LogP contribution in [0.2, 0.25) is 0 Å². The van der Waals surface area contributed by atoms with E-state index in [0.717, 1.165) is 0 Å². The second kappa shape index (κ2) is 5.56. The van der Waals surface area contributed by atoms with Gasteiger partial charge in [0.1, 0.15) is 11.5 Å². The molecule has 1 aliphatic rings. The molecule has 1 rings (SSSR count). The zero-order valence-electron chi connectivity index (χ0n) is 11.3. The Bertz CT molecular complexity index is 323. The van der Waals surface area contributed by atoms with Gasteiger partial charge in [-0.1, -0.05) is 0 Å². The molecule has 0 spiro atoms. The van der Waals surface area contributed by atoms with Crippen molar-refractivity contribution in [2.45, 2.75) is 38.9 Å². The van der Waals surface area contributed by atoms with Crippen molar-refractivity contribution in [3.8, 4) is 0 Å². The molecule has 0 aromatic heterocycles. The maximum Gasteiger partial charge on any atom is 0.410 e. The fourth-order valence-electron chi connectivity index (χ4n) is 1.81. The molecule has 0 aromatic carbocycles. The van der Waals surface area contributed by atoms with Gasteiger partial charge in [-0.15, -0.1) is 0 Å². The lowest BCUT2D eigenvalue weighted by atomic mass is 9.95. The molecule has 1 fully saturated rings. The first-order valence-corrected chi connectivity index (χ1v) is 5.98. The molecule has 0 saturated carbocycles. The van der Waals surface area contributed by atoms with E-state index in [4.69, 9.17) is 4.74 Å². The van der Waals surface area contributed by atoms with E-state index in [1.54, 1.807) is 20.8 Å². The third-order valence-corrected chi connectivity index (χ3v) is 2.73. The molecular formula is C12H21NO5. The molecule has 6 nitrogen and oxygen atoms in total. The number of likely N-dealkylation sites (tertiary alicyclic amines) is 1. The highest BCUT2D eigenvalue weighted by Crippen LogP contribution is 2.20. The average Bonchev–Trinajstić information content (AvgIpc) is 2.26. The van der Waals surface area contributed by atoms with Gasteiger partial charge in [-0.2, -0.15) is 0 Å². The molecule has 18 heavy (non-hydrogen) atoms. The molecule has 1 amide bonds. The molecule has 2 atom stereocenters. The van der Waals surface area contributed by atoms with Crippen LogP contribution < -0.4 is 0 Å². The predicted molar refractivity (Wildman–Crippen MR) is 63.9 cm³/mol. The van der Waals surface area contributed by atoms with Crippen molar-refractivity contribution in [1.82, 2.24) is 4.90 Å². The lowest BCUT2D eigenvalue weighted by Crippen LogP contribution is -2.50. The van der Waals surface area contributed by atoms with Crippen LogP contribution in [-0.2, 0) is 14.3 Å². The van der Waals surface area contributed by atoms with Gasteiger partial charge < -0.3 is 19.5 Å². The summed E-state index contributed by atoms with van der Waals surface area (Å²) in [6, 6.07) is 0. The number of amides is 1. The molecular weight excluding hydrogens is 238 g/mol. The molecule has 0 aromatic rings. The van der Waals surface area contributed by atoms with Crippen molar-refractivity contribution in [3.63, 3.8) is 0 Å². The highest BCUT2D eigenvalue weighted by Gasteiger charge is 2.37. The number of carbonyl (C=O) groups is 2. The number of carbonyl (C=O) groups excluding carboxylic acids is 2. The van der Waals surface area contributed by atoms with E-state index in [2.05, 4.69) is 4.74 Å². The fourth-order valence-corrected chi connectivity index (χ4v) is 1.81. The van der Waals surface area contributed by atoms with Crippen molar-refractivity contribution in [2.75, 3.05) is 20.2 Å². The van der Waals surface area contributed by atoms with Gasteiger partial charge >= 0.3 is 12.1 Å². The Kier molecular flexibility index (Phi) is 4.56. The number of hydrogen-bond donors (Lipinski definition) is 1. The van der Waals surface area contributed by atoms with Gasteiger partial charge in [0.2, 0.25) is 0 Å². The van der Waals surface area contributed by atoms with E-state index in [1.807, 2.05) is 0 Å². The molecule has 0 radical (unpaired) electrons. The van der Waals surface area contributed by atoms with Crippen LogP contribution in [-0.4, -0.2) is 54.0 Å². The first-order valence-electron chi connectivity index (χ1n) is 5.98. The monoisotopic (exact) mass is 259 g/mol. The molecule has 1 heterocycles. The van der Waals surface area contributed by atoms with E-state index < -0.39 is 29.7 Å². The third kappa shape index (κ3) is 3.87. The number of ether oxygens (including phenoxy) is 2. The molecule has 1 saturated heterocycles. The van der Waals surface area contributed by atoms with E-state index >= 15 is 0 Å². The normalized spacial score (nSPS) is 24.6. The molecule has 104 valence electrons. The topological polar surface area (TPSA) is 76.1 Å². The molecule has 0 bridgehead atoms. The number of aliphatic hydroxyl groups excluding tert-OH is 1. The third-order valence-electron chi connectivity index (χ3n) is 2.73. The van der Waals surface area contributed by atoms with Crippen molar-refractivity contribution in [1.29, 1.82) is 0 Å². The summed E-state index contributed by atoms with van der Waals surface area (Å²) in [5.41, 5.74) is -0.575. The van der Waals surface area contributed by atoms with Crippen LogP contribution in [0.5, 0.6) is 0 Å². The maximum absolute atomic E-state index is 11.8. The minimum atomic E-state index is -0.767. The van der Waals surface area contributed by atoms with Crippen LogP contribution in [0.3, 0.4) is 0 Å². The second-order valence-corrected chi connectivity index (χ2v) is 5.41. The highest BCUT2D eigenvalue weighted by atomic mass is 16.6. The quantitative estimate of drug-likeness (QED) is 0.704. The van der Waals surface area contributed by atoms with Gasteiger partial charge in [0, 0.05) is 13.1 Å². The summed E-state index contributed by atoms with van der Waals surface area (Å²) in [4.78, 5) is 24.7. The van der Waals surface area contributed by atoms with Crippen molar-refractivity contribution in [2.24, 2.45) is 5.92 Å². The number of piperidine rings is 1. The molecule has 6 heteroatoms. The summed E-state index contributed by atoms with van der Waals surface area (Å²) in [7, 11) is 1.27. The summed E-state index contributed by atoms with van der Waals surface area (Å²) < 4.78 is 9.84. The first-order chi connectivity index (χ1) is 8.24. The Balaban J connectivity index is 2.64. The Hall–Kier alpha value is -1.30. The minimum absolute atomic E-state index is 0.128. The molecule has 1 aliphatic heterocycles. The first kappa shape index (κ1) is 14.8. The van der Waals surface area contributed by atoms with Crippen molar-refractivity contribution < 1.29 is 24.2 Å².